The SMILES string of the molecule is C[C@H](C[C@]1(C)NC(=O)CC1=O)C(=O)O. The molecular weight excluding hydrogens is 186 g/mol. The van der Waals surface area contributed by atoms with Crippen LogP contribution < -0.4 is 5.32 Å². The van der Waals surface area contributed by atoms with Gasteiger partial charge in [0.2, 0.25) is 5.91 Å². The first-order valence-corrected chi connectivity index (χ1v) is 4.42. The zero-order valence-corrected chi connectivity index (χ0v) is 8.16. The first kappa shape index (κ1) is 10.7. The Labute approximate surface area is 81.5 Å². The Kier molecular flexibility index (Phi) is 2.59. The Hall–Kier alpha value is -1.39. The number of amides is 1. The highest BCUT2D eigenvalue weighted by molar-refractivity contribution is 6.10. The fourth-order valence-electron chi connectivity index (χ4n) is 1.63. The van der Waals surface area contributed by atoms with Gasteiger partial charge in [-0.25, -0.2) is 0 Å². The maximum Gasteiger partial charge on any atom is 0.306 e. The summed E-state index contributed by atoms with van der Waals surface area (Å²) in [6.45, 7) is 3.09. The molecule has 1 amide bonds. The van der Waals surface area contributed by atoms with Gasteiger partial charge in [-0.05, 0) is 13.3 Å². The fraction of sp³-hybridized carbons (Fsp3) is 0.667. The number of hydrogen-bond donors (Lipinski definition) is 2. The van der Waals surface area contributed by atoms with Crippen LogP contribution in [0.5, 0.6) is 0 Å². The van der Waals surface area contributed by atoms with Gasteiger partial charge in [0.15, 0.2) is 5.78 Å². The molecule has 1 saturated heterocycles. The molecule has 1 fully saturated rings. The molecule has 0 unspecified atom stereocenters. The second-order valence-corrected chi connectivity index (χ2v) is 3.92. The lowest BCUT2D eigenvalue weighted by atomic mass is 9.88. The van der Waals surface area contributed by atoms with Gasteiger partial charge in [-0.15, -0.1) is 0 Å². The number of ketones is 1. The summed E-state index contributed by atoms with van der Waals surface area (Å²) in [6.07, 6.45) is 0.00967. The lowest BCUT2D eigenvalue weighted by molar-refractivity contribution is -0.142. The molecule has 0 bridgehead atoms. The Morgan fingerprint density at radius 2 is 2.21 bits per heavy atom. The standard InChI is InChI=1S/C9H13NO4/c1-5(8(13)14)4-9(2)6(11)3-7(12)10-9/h5H,3-4H2,1-2H3,(H,10,12)(H,13,14)/t5-,9+/m1/s1. The van der Waals surface area contributed by atoms with Crippen LogP contribution in [0.15, 0.2) is 0 Å². The molecule has 78 valence electrons. The Bertz CT molecular complexity index is 299. The van der Waals surface area contributed by atoms with Gasteiger partial charge in [-0.1, -0.05) is 6.92 Å². The van der Waals surface area contributed by atoms with Crippen LogP contribution in [0.2, 0.25) is 0 Å². The molecule has 1 rings (SSSR count). The third kappa shape index (κ3) is 1.92. The van der Waals surface area contributed by atoms with Gasteiger partial charge in [0.05, 0.1) is 17.9 Å². The molecule has 1 aliphatic rings. The minimum absolute atomic E-state index is 0.136. The molecule has 5 nitrogen and oxygen atoms in total. The number of aliphatic carboxylic acids is 1. The third-order valence-electron chi connectivity index (χ3n) is 2.49. The highest BCUT2D eigenvalue weighted by Gasteiger charge is 2.43. The number of carbonyl (C=O) groups excluding carboxylic acids is 2. The normalized spacial score (nSPS) is 28.7. The van der Waals surface area contributed by atoms with E-state index in [4.69, 9.17) is 5.11 Å². The van der Waals surface area contributed by atoms with Crippen LogP contribution in [0.3, 0.4) is 0 Å². The van der Waals surface area contributed by atoms with Crippen molar-refractivity contribution in [1.29, 1.82) is 0 Å². The van der Waals surface area contributed by atoms with Crippen molar-refractivity contribution in [1.82, 2.24) is 5.32 Å². The summed E-state index contributed by atoms with van der Waals surface area (Å²) in [7, 11) is 0. The predicted molar refractivity (Wildman–Crippen MR) is 47.6 cm³/mol. The minimum Gasteiger partial charge on any atom is -0.481 e. The fourth-order valence-corrected chi connectivity index (χ4v) is 1.63. The quantitative estimate of drug-likeness (QED) is 0.624. The number of hydrogen-bond acceptors (Lipinski definition) is 3. The number of carbonyl (C=O) groups is 3. The van der Waals surface area contributed by atoms with E-state index < -0.39 is 17.4 Å². The van der Waals surface area contributed by atoms with E-state index in [1.807, 2.05) is 0 Å². The minimum atomic E-state index is -0.991. The van der Waals surface area contributed by atoms with Crippen LogP contribution in [0, 0.1) is 5.92 Å². The summed E-state index contributed by atoms with van der Waals surface area (Å²) in [6, 6.07) is 0. The van der Waals surface area contributed by atoms with Crippen LogP contribution in [0.1, 0.15) is 26.7 Å². The second kappa shape index (κ2) is 3.40. The van der Waals surface area contributed by atoms with E-state index in [1.54, 1.807) is 6.92 Å². The Balaban J connectivity index is 2.72. The molecule has 0 aromatic rings. The molecule has 0 spiro atoms. The van der Waals surface area contributed by atoms with E-state index in [0.717, 1.165) is 0 Å². The summed E-state index contributed by atoms with van der Waals surface area (Å²) in [5.74, 6) is -2.15. The molecular formula is C9H13NO4. The van der Waals surface area contributed by atoms with Gasteiger partial charge in [-0.2, -0.15) is 0 Å². The van der Waals surface area contributed by atoms with E-state index >= 15 is 0 Å². The summed E-state index contributed by atoms with van der Waals surface area (Å²) in [5, 5.41) is 11.2. The van der Waals surface area contributed by atoms with E-state index in [-0.39, 0.29) is 24.5 Å². The molecule has 0 aromatic carbocycles. The highest BCUT2D eigenvalue weighted by Crippen LogP contribution is 2.23. The van der Waals surface area contributed by atoms with Crippen LogP contribution in [-0.2, 0) is 14.4 Å². The third-order valence-corrected chi connectivity index (χ3v) is 2.49. The van der Waals surface area contributed by atoms with E-state index in [0.29, 0.717) is 0 Å². The molecule has 1 heterocycles. The van der Waals surface area contributed by atoms with E-state index in [1.165, 1.54) is 6.92 Å². The van der Waals surface area contributed by atoms with Gasteiger partial charge >= 0.3 is 5.97 Å². The van der Waals surface area contributed by atoms with Crippen molar-refractivity contribution in [3.05, 3.63) is 0 Å². The van der Waals surface area contributed by atoms with Crippen molar-refractivity contribution in [3.8, 4) is 0 Å². The average Bonchev–Trinajstić information content (AvgIpc) is 2.25. The van der Waals surface area contributed by atoms with Crippen molar-refractivity contribution in [2.75, 3.05) is 0 Å². The number of Topliss-reactive ketones (excluding diaryl/α,β-unsaturated/α-hetero) is 1. The zero-order chi connectivity index (χ0) is 10.9. The van der Waals surface area contributed by atoms with Crippen LogP contribution >= 0.6 is 0 Å². The van der Waals surface area contributed by atoms with Gasteiger partial charge in [0.25, 0.3) is 0 Å². The van der Waals surface area contributed by atoms with Gasteiger partial charge in [0, 0.05) is 0 Å². The monoisotopic (exact) mass is 199 g/mol. The van der Waals surface area contributed by atoms with Gasteiger partial charge in [0.1, 0.15) is 0 Å². The molecule has 2 N–H and O–H groups in total. The summed E-state index contributed by atoms with van der Waals surface area (Å²) in [5.41, 5.74) is -0.991. The Morgan fingerprint density at radius 1 is 1.64 bits per heavy atom. The van der Waals surface area contributed by atoms with Crippen LogP contribution in [0.25, 0.3) is 0 Å². The van der Waals surface area contributed by atoms with Crippen LogP contribution in [-0.4, -0.2) is 28.3 Å². The summed E-state index contributed by atoms with van der Waals surface area (Å²) < 4.78 is 0. The first-order chi connectivity index (χ1) is 6.35. The largest absolute Gasteiger partial charge is 0.481 e. The smallest absolute Gasteiger partial charge is 0.306 e. The van der Waals surface area contributed by atoms with Gasteiger partial charge < -0.3 is 10.4 Å². The van der Waals surface area contributed by atoms with Gasteiger partial charge in [-0.3, -0.25) is 14.4 Å². The van der Waals surface area contributed by atoms with E-state index in [2.05, 4.69) is 5.32 Å². The van der Waals surface area contributed by atoms with Crippen LogP contribution in [0.4, 0.5) is 0 Å². The molecule has 14 heavy (non-hydrogen) atoms. The van der Waals surface area contributed by atoms with Crippen molar-refractivity contribution in [3.63, 3.8) is 0 Å². The van der Waals surface area contributed by atoms with Crippen molar-refractivity contribution < 1.29 is 19.5 Å². The highest BCUT2D eigenvalue weighted by atomic mass is 16.4. The Morgan fingerprint density at radius 3 is 2.57 bits per heavy atom. The molecule has 0 aliphatic carbocycles. The van der Waals surface area contributed by atoms with Crippen molar-refractivity contribution in [2.24, 2.45) is 5.92 Å². The molecule has 0 radical (unpaired) electrons. The lowest BCUT2D eigenvalue weighted by Crippen LogP contribution is -2.45. The summed E-state index contributed by atoms with van der Waals surface area (Å²) >= 11 is 0. The second-order valence-electron chi connectivity index (χ2n) is 3.92. The lowest BCUT2D eigenvalue weighted by Gasteiger charge is -2.23. The zero-order valence-electron chi connectivity index (χ0n) is 8.16. The average molecular weight is 199 g/mol. The maximum absolute atomic E-state index is 11.4. The first-order valence-electron chi connectivity index (χ1n) is 4.42. The molecule has 1 aliphatic heterocycles. The number of nitrogens with one attached hydrogen (secondary N) is 1. The maximum atomic E-state index is 11.4. The number of carboxylic acid groups (broad SMARTS) is 1. The molecule has 0 aromatic heterocycles. The number of carboxylic acids is 1. The predicted octanol–water partition coefficient (Wildman–Crippen LogP) is -0.0551. The van der Waals surface area contributed by atoms with Crippen molar-refractivity contribution in [2.45, 2.75) is 32.2 Å². The number of rotatable bonds is 3. The molecule has 0 saturated carbocycles. The van der Waals surface area contributed by atoms with E-state index in [9.17, 15) is 14.4 Å². The molecule has 2 atom stereocenters. The topological polar surface area (TPSA) is 83.5 Å². The summed E-state index contributed by atoms with van der Waals surface area (Å²) in [4.78, 5) is 32.9. The van der Waals surface area contributed by atoms with Crippen molar-refractivity contribution >= 4 is 17.7 Å². The molecule has 5 heteroatoms.